The first-order chi connectivity index (χ1) is 19.8. The van der Waals surface area contributed by atoms with Crippen LogP contribution in [0, 0.1) is 13.8 Å². The molecule has 42 heavy (non-hydrogen) atoms. The van der Waals surface area contributed by atoms with Crippen LogP contribution in [-0.2, 0) is 19.1 Å². The van der Waals surface area contributed by atoms with E-state index in [4.69, 9.17) is 10.5 Å². The third kappa shape index (κ3) is 8.80. The fourth-order valence-electron chi connectivity index (χ4n) is 4.81. The highest BCUT2D eigenvalue weighted by atomic mass is 16.6. The number of amides is 4. The number of nitrogens with one attached hydrogen (secondary N) is 2. The fourth-order valence-corrected chi connectivity index (χ4v) is 4.81. The normalized spacial score (nSPS) is 12.7. The number of nitrogens with zero attached hydrogens (tertiary/aromatic N) is 1. The summed E-state index contributed by atoms with van der Waals surface area (Å²) in [5.41, 5.74) is 7.72. The molecule has 2 atom stereocenters. The minimum atomic E-state index is -1.32. The number of aryl methyl sites for hydroxylation is 2. The number of nitrogens with two attached hydrogens (primary N) is 1. The molecule has 0 aliphatic carbocycles. The van der Waals surface area contributed by atoms with E-state index in [0.29, 0.717) is 17.7 Å². The maximum atomic E-state index is 14.2. The second-order valence-corrected chi connectivity index (χ2v) is 11.6. The van der Waals surface area contributed by atoms with Gasteiger partial charge in [-0.2, -0.15) is 0 Å². The number of hydrogen-bond donors (Lipinski definition) is 3. The van der Waals surface area contributed by atoms with E-state index in [1.54, 1.807) is 20.8 Å². The molecule has 0 saturated heterocycles. The highest BCUT2D eigenvalue weighted by Crippen LogP contribution is 2.29. The van der Waals surface area contributed by atoms with Crippen LogP contribution in [0.5, 0.6) is 0 Å². The van der Waals surface area contributed by atoms with Gasteiger partial charge in [-0.3, -0.25) is 14.4 Å². The minimum absolute atomic E-state index is 0.212. The Morgan fingerprint density at radius 1 is 0.952 bits per heavy atom. The molecule has 0 radical (unpaired) electrons. The molecule has 0 heterocycles. The van der Waals surface area contributed by atoms with Crippen LogP contribution < -0.4 is 16.4 Å². The Bertz CT molecular complexity index is 1450. The van der Waals surface area contributed by atoms with Gasteiger partial charge in [0.1, 0.15) is 17.7 Å². The monoisotopic (exact) mass is 574 g/mol. The van der Waals surface area contributed by atoms with Crippen molar-refractivity contribution >= 4 is 40.3 Å². The van der Waals surface area contributed by atoms with E-state index < -0.39 is 47.9 Å². The second-order valence-electron chi connectivity index (χ2n) is 11.6. The lowest BCUT2D eigenvalue weighted by Crippen LogP contribution is -2.53. The van der Waals surface area contributed by atoms with Gasteiger partial charge in [0, 0.05) is 12.2 Å². The zero-order chi connectivity index (χ0) is 31.0. The van der Waals surface area contributed by atoms with Crippen molar-refractivity contribution in [1.82, 2.24) is 10.2 Å². The number of benzene rings is 3. The SMILES string of the molecule is CCCCN(C(=O)C(CC(N)=O)NC(=O)OC(C)(C)C)C(C(=O)Nc1ccc2ccccc2c1)c1ccc(C)cc1C. The van der Waals surface area contributed by atoms with Gasteiger partial charge in [0.25, 0.3) is 5.91 Å². The van der Waals surface area contributed by atoms with Crippen molar-refractivity contribution in [2.75, 3.05) is 11.9 Å². The van der Waals surface area contributed by atoms with Crippen LogP contribution in [0.4, 0.5) is 10.5 Å². The molecule has 2 unspecified atom stereocenters. The summed E-state index contributed by atoms with van der Waals surface area (Å²) >= 11 is 0. The third-order valence-corrected chi connectivity index (χ3v) is 6.73. The van der Waals surface area contributed by atoms with Gasteiger partial charge in [-0.25, -0.2) is 4.79 Å². The van der Waals surface area contributed by atoms with Crippen molar-refractivity contribution in [3.63, 3.8) is 0 Å². The van der Waals surface area contributed by atoms with Crippen LogP contribution >= 0.6 is 0 Å². The Kier molecular flexibility index (Phi) is 10.7. The van der Waals surface area contributed by atoms with E-state index in [1.165, 1.54) is 4.90 Å². The van der Waals surface area contributed by atoms with Crippen LogP contribution in [0.3, 0.4) is 0 Å². The van der Waals surface area contributed by atoms with Crippen LogP contribution in [0.25, 0.3) is 10.8 Å². The standard InChI is InChI=1S/C33H42N4O5/c1-7-8-17-37(31(40)27(20-28(34)38)36-32(41)42-33(4,5)6)29(26-16-13-21(2)18-22(26)3)30(39)35-25-15-14-23-11-9-10-12-24(23)19-25/h9-16,18-19,27,29H,7-8,17,20H2,1-6H3,(H2,34,38)(H,35,39)(H,36,41). The summed E-state index contributed by atoms with van der Waals surface area (Å²) in [6, 6.07) is 16.7. The molecule has 0 bridgehead atoms. The van der Waals surface area contributed by atoms with E-state index >= 15 is 0 Å². The molecule has 9 heteroatoms. The Hall–Kier alpha value is -4.40. The lowest BCUT2D eigenvalue weighted by molar-refractivity contribution is -0.142. The molecule has 0 aliphatic rings. The van der Waals surface area contributed by atoms with Crippen LogP contribution in [0.2, 0.25) is 0 Å². The van der Waals surface area contributed by atoms with Gasteiger partial charge in [-0.15, -0.1) is 0 Å². The zero-order valence-corrected chi connectivity index (χ0v) is 25.3. The number of ether oxygens (including phenoxy) is 1. The fraction of sp³-hybridized carbons (Fsp3) is 0.394. The van der Waals surface area contributed by atoms with E-state index in [0.717, 1.165) is 28.3 Å². The van der Waals surface area contributed by atoms with Crippen LogP contribution in [0.15, 0.2) is 60.7 Å². The topological polar surface area (TPSA) is 131 Å². The Balaban J connectivity index is 2.06. The van der Waals surface area contributed by atoms with Crippen molar-refractivity contribution in [2.24, 2.45) is 5.73 Å². The van der Waals surface area contributed by atoms with Crippen molar-refractivity contribution < 1.29 is 23.9 Å². The minimum Gasteiger partial charge on any atom is -0.444 e. The van der Waals surface area contributed by atoms with Gasteiger partial charge >= 0.3 is 6.09 Å². The smallest absolute Gasteiger partial charge is 0.408 e. The van der Waals surface area contributed by atoms with Gasteiger partial charge < -0.3 is 26.0 Å². The van der Waals surface area contributed by atoms with Crippen LogP contribution in [0.1, 0.15) is 69.7 Å². The predicted molar refractivity (Wildman–Crippen MR) is 165 cm³/mol. The Labute approximate surface area is 247 Å². The highest BCUT2D eigenvalue weighted by Gasteiger charge is 2.37. The van der Waals surface area contributed by atoms with Crippen molar-refractivity contribution in [2.45, 2.75) is 78.5 Å². The number of anilines is 1. The van der Waals surface area contributed by atoms with Gasteiger partial charge in [0.2, 0.25) is 11.8 Å². The third-order valence-electron chi connectivity index (χ3n) is 6.73. The molecule has 4 N–H and O–H groups in total. The molecule has 0 aromatic heterocycles. The molecule has 3 aromatic rings. The highest BCUT2D eigenvalue weighted by molar-refractivity contribution is 6.01. The average molecular weight is 575 g/mol. The molecule has 0 fully saturated rings. The maximum Gasteiger partial charge on any atom is 0.408 e. The van der Waals surface area contributed by atoms with Crippen LogP contribution in [-0.4, -0.2) is 46.9 Å². The van der Waals surface area contributed by atoms with Gasteiger partial charge in [-0.1, -0.05) is 67.4 Å². The zero-order valence-electron chi connectivity index (χ0n) is 25.3. The molecule has 4 amide bonds. The molecule has 3 aromatic carbocycles. The predicted octanol–water partition coefficient (Wildman–Crippen LogP) is 5.53. The van der Waals surface area contributed by atoms with E-state index in [9.17, 15) is 19.2 Å². The molecule has 3 rings (SSSR count). The number of primary amides is 1. The summed E-state index contributed by atoms with van der Waals surface area (Å²) in [4.78, 5) is 54.4. The van der Waals surface area contributed by atoms with E-state index in [1.807, 2.05) is 81.4 Å². The molecular weight excluding hydrogens is 532 g/mol. The number of alkyl carbamates (subject to hydrolysis) is 1. The van der Waals surface area contributed by atoms with Gasteiger partial charge in [0.05, 0.1) is 6.42 Å². The Morgan fingerprint density at radius 3 is 2.26 bits per heavy atom. The summed E-state index contributed by atoms with van der Waals surface area (Å²) in [7, 11) is 0. The van der Waals surface area contributed by atoms with Gasteiger partial charge in [0.15, 0.2) is 0 Å². The van der Waals surface area contributed by atoms with Crippen molar-refractivity contribution in [1.29, 1.82) is 0 Å². The largest absolute Gasteiger partial charge is 0.444 e. The first-order valence-corrected chi connectivity index (χ1v) is 14.2. The van der Waals surface area contributed by atoms with E-state index in [2.05, 4.69) is 10.6 Å². The molecule has 224 valence electrons. The summed E-state index contributed by atoms with van der Waals surface area (Å²) in [5.74, 6) is -1.80. The number of carbonyl (C=O) groups is 4. The first kappa shape index (κ1) is 32.1. The quantitative estimate of drug-likeness (QED) is 0.277. The lowest BCUT2D eigenvalue weighted by Gasteiger charge is -2.35. The van der Waals surface area contributed by atoms with Gasteiger partial charge in [-0.05, 0) is 75.1 Å². The number of carbonyl (C=O) groups excluding carboxylic acids is 4. The number of rotatable bonds is 11. The lowest BCUT2D eigenvalue weighted by atomic mass is 9.95. The summed E-state index contributed by atoms with van der Waals surface area (Å²) < 4.78 is 5.35. The summed E-state index contributed by atoms with van der Waals surface area (Å²) in [6.45, 7) is 11.1. The molecule has 0 spiro atoms. The molecule has 9 nitrogen and oxygen atoms in total. The maximum absolute atomic E-state index is 14.2. The Morgan fingerprint density at radius 2 is 1.64 bits per heavy atom. The molecular formula is C33H42N4O5. The summed E-state index contributed by atoms with van der Waals surface area (Å²) in [6.07, 6.45) is 0.0233. The molecule has 0 aliphatic heterocycles. The first-order valence-electron chi connectivity index (χ1n) is 14.2. The average Bonchev–Trinajstić information content (AvgIpc) is 2.89. The van der Waals surface area contributed by atoms with E-state index in [-0.39, 0.29) is 6.54 Å². The van der Waals surface area contributed by atoms with Crippen molar-refractivity contribution in [3.8, 4) is 0 Å². The van der Waals surface area contributed by atoms with Crippen molar-refractivity contribution in [3.05, 3.63) is 77.4 Å². The molecule has 0 saturated carbocycles. The number of unbranched alkanes of at least 4 members (excludes halogenated alkanes) is 1. The second kappa shape index (κ2) is 14.0. The number of hydrogen-bond acceptors (Lipinski definition) is 5. The summed E-state index contributed by atoms with van der Waals surface area (Å²) in [5, 5.41) is 7.51. The number of fused-ring (bicyclic) bond motifs is 1.